The van der Waals surface area contributed by atoms with Gasteiger partial charge in [-0.05, 0) is 89.9 Å². The predicted molar refractivity (Wildman–Crippen MR) is 325 cm³/mol. The Kier molecular flexibility index (Phi) is 60.7. The van der Waals surface area contributed by atoms with Crippen LogP contribution in [-0.2, 0) is 28.6 Å². The molecule has 0 amide bonds. The zero-order valence-corrected chi connectivity index (χ0v) is 49.8. The Morgan fingerprint density at radius 3 is 0.813 bits per heavy atom. The molecule has 1 atom stereocenters. The molecule has 0 saturated carbocycles. The molecule has 0 radical (unpaired) electrons. The van der Waals surface area contributed by atoms with Gasteiger partial charge in [0.1, 0.15) is 13.2 Å². The minimum Gasteiger partial charge on any atom is -0.462 e. The molecular weight excluding hydrogens is 925 g/mol. The third-order valence-electron chi connectivity index (χ3n) is 14.2. The number of esters is 3. The highest BCUT2D eigenvalue weighted by Gasteiger charge is 2.19. The van der Waals surface area contributed by atoms with Gasteiger partial charge in [0.15, 0.2) is 6.10 Å². The van der Waals surface area contributed by atoms with Crippen LogP contribution < -0.4 is 0 Å². The monoisotopic (exact) mass is 1050 g/mol. The minimum atomic E-state index is -0.772. The summed E-state index contributed by atoms with van der Waals surface area (Å²) < 4.78 is 16.8. The lowest BCUT2D eigenvalue weighted by Crippen LogP contribution is -2.30. The van der Waals surface area contributed by atoms with Crippen LogP contribution in [0.25, 0.3) is 0 Å². The summed E-state index contributed by atoms with van der Waals surface area (Å²) in [6.07, 6.45) is 82.5. The van der Waals surface area contributed by atoms with Gasteiger partial charge in [0.2, 0.25) is 0 Å². The van der Waals surface area contributed by atoms with E-state index in [1.165, 1.54) is 193 Å². The van der Waals surface area contributed by atoms with Gasteiger partial charge < -0.3 is 14.2 Å². The van der Waals surface area contributed by atoms with Crippen molar-refractivity contribution in [2.24, 2.45) is 0 Å². The van der Waals surface area contributed by atoms with Gasteiger partial charge in [0.25, 0.3) is 0 Å². The van der Waals surface area contributed by atoms with Gasteiger partial charge >= 0.3 is 17.9 Å². The summed E-state index contributed by atoms with van der Waals surface area (Å²) in [5.41, 5.74) is 0. The molecule has 0 saturated heterocycles. The van der Waals surface area contributed by atoms with E-state index in [2.05, 4.69) is 93.7 Å². The maximum absolute atomic E-state index is 12.8. The Bertz CT molecular complexity index is 1390. The fourth-order valence-corrected chi connectivity index (χ4v) is 9.35. The van der Waals surface area contributed by atoms with Gasteiger partial charge in [-0.15, -0.1) is 0 Å². The number of carbonyl (C=O) groups is 3. The summed E-state index contributed by atoms with van der Waals surface area (Å²) in [4.78, 5) is 37.9. The fourth-order valence-electron chi connectivity index (χ4n) is 9.35. The van der Waals surface area contributed by atoms with E-state index in [1.807, 2.05) is 0 Å². The molecule has 6 heteroatoms. The lowest BCUT2D eigenvalue weighted by molar-refractivity contribution is -0.167. The molecule has 0 bridgehead atoms. The topological polar surface area (TPSA) is 78.9 Å². The molecule has 0 fully saturated rings. The van der Waals surface area contributed by atoms with Crippen LogP contribution in [0.5, 0.6) is 0 Å². The first kappa shape index (κ1) is 71.8. The summed E-state index contributed by atoms with van der Waals surface area (Å²) in [5, 5.41) is 0. The molecule has 0 aromatic heterocycles. The average molecular weight is 1050 g/mol. The van der Waals surface area contributed by atoms with Crippen molar-refractivity contribution in [3.63, 3.8) is 0 Å². The molecule has 0 aliphatic carbocycles. The minimum absolute atomic E-state index is 0.0730. The quantitative estimate of drug-likeness (QED) is 0.0261. The van der Waals surface area contributed by atoms with E-state index in [0.717, 1.165) is 96.3 Å². The molecule has 0 N–H and O–H groups in total. The molecule has 0 aromatic carbocycles. The van der Waals surface area contributed by atoms with E-state index in [1.54, 1.807) is 0 Å². The number of hydrogen-bond acceptors (Lipinski definition) is 6. The van der Waals surface area contributed by atoms with Crippen LogP contribution in [-0.4, -0.2) is 37.2 Å². The van der Waals surface area contributed by atoms with Gasteiger partial charge in [-0.25, -0.2) is 0 Å². The fraction of sp³-hybridized carbons (Fsp3) is 0.783. The molecular formula is C69H122O6. The summed E-state index contributed by atoms with van der Waals surface area (Å²) in [7, 11) is 0. The van der Waals surface area contributed by atoms with Crippen LogP contribution in [0.4, 0.5) is 0 Å². The maximum atomic E-state index is 12.8. The maximum Gasteiger partial charge on any atom is 0.306 e. The molecule has 1 unspecified atom stereocenters. The number of allylic oxidation sites excluding steroid dienone is 12. The van der Waals surface area contributed by atoms with Crippen LogP contribution in [0, 0.1) is 0 Å². The van der Waals surface area contributed by atoms with Gasteiger partial charge in [-0.1, -0.05) is 293 Å². The normalized spacial score (nSPS) is 12.5. The van der Waals surface area contributed by atoms with Crippen molar-refractivity contribution < 1.29 is 28.6 Å². The van der Waals surface area contributed by atoms with Crippen molar-refractivity contribution in [3.8, 4) is 0 Å². The summed E-state index contributed by atoms with van der Waals surface area (Å²) in [6, 6.07) is 0. The molecule has 0 aliphatic heterocycles. The lowest BCUT2D eigenvalue weighted by atomic mass is 10.0. The van der Waals surface area contributed by atoms with Crippen molar-refractivity contribution >= 4 is 17.9 Å². The Balaban J connectivity index is 3.99. The molecule has 6 nitrogen and oxygen atoms in total. The Labute approximate surface area is 465 Å². The van der Waals surface area contributed by atoms with Crippen molar-refractivity contribution in [3.05, 3.63) is 72.9 Å². The molecule has 0 rings (SSSR count). The lowest BCUT2D eigenvalue weighted by Gasteiger charge is -2.18. The van der Waals surface area contributed by atoms with E-state index in [4.69, 9.17) is 14.2 Å². The smallest absolute Gasteiger partial charge is 0.306 e. The zero-order valence-electron chi connectivity index (χ0n) is 49.8. The number of ether oxygens (including phenoxy) is 3. The third kappa shape index (κ3) is 61.6. The number of carbonyl (C=O) groups excluding carboxylic acids is 3. The third-order valence-corrected chi connectivity index (χ3v) is 14.2. The van der Waals surface area contributed by atoms with Crippen LogP contribution in [0.1, 0.15) is 329 Å². The summed E-state index contributed by atoms with van der Waals surface area (Å²) in [6.45, 7) is 6.47. The second kappa shape index (κ2) is 63.4. The standard InChI is InChI=1S/C69H122O6/c1-4-7-10-13-15-17-19-21-23-25-27-29-31-32-33-34-35-36-38-39-41-43-45-47-49-51-53-56-59-62-68(71)74-65-66(64-73-67(70)61-58-55-12-9-6-3)75-69(72)63-60-57-54-52-50-48-46-44-42-40-37-30-28-26-24-22-20-18-16-14-11-8-5-2/h7,10,15,17,20-23,26-29,66H,4-6,8-9,11-14,16,18-19,24-25,30-65H2,1-3H3/b10-7-,17-15-,22-20-,23-21-,28-26-,29-27-. The van der Waals surface area contributed by atoms with E-state index in [0.29, 0.717) is 19.3 Å². The van der Waals surface area contributed by atoms with Crippen LogP contribution >= 0.6 is 0 Å². The van der Waals surface area contributed by atoms with Crippen molar-refractivity contribution in [2.45, 2.75) is 335 Å². The summed E-state index contributed by atoms with van der Waals surface area (Å²) in [5.74, 6) is -0.875. The van der Waals surface area contributed by atoms with E-state index in [9.17, 15) is 14.4 Å². The summed E-state index contributed by atoms with van der Waals surface area (Å²) >= 11 is 0. The first-order valence-electron chi connectivity index (χ1n) is 32.4. The predicted octanol–water partition coefficient (Wildman–Crippen LogP) is 22.1. The highest BCUT2D eigenvalue weighted by Crippen LogP contribution is 2.17. The van der Waals surface area contributed by atoms with E-state index >= 15 is 0 Å². The van der Waals surface area contributed by atoms with Crippen molar-refractivity contribution in [1.29, 1.82) is 0 Å². The second-order valence-corrected chi connectivity index (χ2v) is 21.6. The first-order chi connectivity index (χ1) is 37.0. The first-order valence-corrected chi connectivity index (χ1v) is 32.4. The SMILES string of the molecule is CC/C=C\C/C=C\C/C=C\C/C=C\CCCCCCCCCCCCCCCCCCC(=O)OCC(COC(=O)CCCCCCC)OC(=O)CCCCCCCCCCCCC/C=C\C/C=C\CCCCCCC. The van der Waals surface area contributed by atoms with Crippen LogP contribution in [0.2, 0.25) is 0 Å². The number of unbranched alkanes of at least 4 members (excludes halogenated alkanes) is 36. The number of hydrogen-bond donors (Lipinski definition) is 0. The Hall–Kier alpha value is -3.15. The molecule has 0 aromatic rings. The van der Waals surface area contributed by atoms with E-state index < -0.39 is 6.10 Å². The van der Waals surface area contributed by atoms with Gasteiger partial charge in [0, 0.05) is 19.3 Å². The van der Waals surface area contributed by atoms with E-state index in [-0.39, 0.29) is 31.1 Å². The highest BCUT2D eigenvalue weighted by atomic mass is 16.6. The van der Waals surface area contributed by atoms with Crippen molar-refractivity contribution in [1.82, 2.24) is 0 Å². The van der Waals surface area contributed by atoms with Gasteiger partial charge in [-0.3, -0.25) is 14.4 Å². The molecule has 0 heterocycles. The highest BCUT2D eigenvalue weighted by molar-refractivity contribution is 5.71. The van der Waals surface area contributed by atoms with Gasteiger partial charge in [-0.2, -0.15) is 0 Å². The van der Waals surface area contributed by atoms with Crippen LogP contribution in [0.15, 0.2) is 72.9 Å². The zero-order chi connectivity index (χ0) is 54.3. The number of rotatable bonds is 59. The van der Waals surface area contributed by atoms with Gasteiger partial charge in [0.05, 0.1) is 0 Å². The molecule has 0 aliphatic rings. The Morgan fingerprint density at radius 1 is 0.280 bits per heavy atom. The second-order valence-electron chi connectivity index (χ2n) is 21.6. The largest absolute Gasteiger partial charge is 0.462 e. The molecule has 0 spiro atoms. The van der Waals surface area contributed by atoms with Crippen LogP contribution in [0.3, 0.4) is 0 Å². The Morgan fingerprint density at radius 2 is 0.520 bits per heavy atom. The molecule has 434 valence electrons. The van der Waals surface area contributed by atoms with Crippen molar-refractivity contribution in [2.75, 3.05) is 13.2 Å². The average Bonchev–Trinajstić information content (AvgIpc) is 3.41. The molecule has 75 heavy (non-hydrogen) atoms.